The summed E-state index contributed by atoms with van der Waals surface area (Å²) in [5, 5.41) is 3.12. The van der Waals surface area contributed by atoms with Gasteiger partial charge in [-0.3, -0.25) is 4.90 Å². The van der Waals surface area contributed by atoms with Crippen molar-refractivity contribution in [1.29, 1.82) is 0 Å². The number of halogens is 2. The summed E-state index contributed by atoms with van der Waals surface area (Å²) >= 11 is 0. The Bertz CT molecular complexity index is 477. The van der Waals surface area contributed by atoms with Crippen LogP contribution < -0.4 is 5.32 Å². The normalized spacial score (nSPS) is 27.8. The van der Waals surface area contributed by atoms with E-state index in [0.717, 1.165) is 12.1 Å². The Morgan fingerprint density at radius 1 is 1.30 bits per heavy atom. The Morgan fingerprint density at radius 3 is 2.75 bits per heavy atom. The van der Waals surface area contributed by atoms with Crippen LogP contribution in [0.2, 0.25) is 0 Å². The lowest BCUT2D eigenvalue weighted by Gasteiger charge is -2.42. The summed E-state index contributed by atoms with van der Waals surface area (Å²) in [6.45, 7) is 2.25. The number of nitrogens with zero attached hydrogens (tertiary/aromatic N) is 1. The van der Waals surface area contributed by atoms with Crippen LogP contribution in [0.1, 0.15) is 24.4 Å². The van der Waals surface area contributed by atoms with Gasteiger partial charge < -0.3 is 10.1 Å². The molecule has 1 aromatic carbocycles. The highest BCUT2D eigenvalue weighted by molar-refractivity contribution is 5.24. The molecule has 2 unspecified atom stereocenters. The molecular weight excluding hydrogens is 262 g/mol. The van der Waals surface area contributed by atoms with Gasteiger partial charge >= 0.3 is 0 Å². The van der Waals surface area contributed by atoms with E-state index in [2.05, 4.69) is 10.2 Å². The van der Waals surface area contributed by atoms with Gasteiger partial charge in [0.2, 0.25) is 0 Å². The summed E-state index contributed by atoms with van der Waals surface area (Å²) in [4.78, 5) is 2.39. The van der Waals surface area contributed by atoms with Gasteiger partial charge in [0.25, 0.3) is 0 Å². The molecule has 2 aliphatic rings. The van der Waals surface area contributed by atoms with E-state index in [1.165, 1.54) is 25.0 Å². The Balaban J connectivity index is 1.91. The average Bonchev–Trinajstić information content (AvgIpc) is 3.27. The van der Waals surface area contributed by atoms with E-state index in [1.54, 1.807) is 6.07 Å². The fourth-order valence-electron chi connectivity index (χ4n) is 3.04. The van der Waals surface area contributed by atoms with Crippen LogP contribution >= 0.6 is 0 Å². The number of morpholine rings is 1. The van der Waals surface area contributed by atoms with Crippen molar-refractivity contribution in [1.82, 2.24) is 10.2 Å². The number of ether oxygens (including phenoxy) is 1. The highest BCUT2D eigenvalue weighted by atomic mass is 19.2. The van der Waals surface area contributed by atoms with E-state index in [-0.39, 0.29) is 12.1 Å². The smallest absolute Gasteiger partial charge is 0.159 e. The van der Waals surface area contributed by atoms with Crippen molar-refractivity contribution in [3.8, 4) is 0 Å². The van der Waals surface area contributed by atoms with Crippen LogP contribution in [-0.4, -0.2) is 43.8 Å². The van der Waals surface area contributed by atoms with Crippen molar-refractivity contribution in [2.75, 3.05) is 26.7 Å². The van der Waals surface area contributed by atoms with Crippen molar-refractivity contribution in [2.45, 2.75) is 31.0 Å². The first kappa shape index (κ1) is 13.9. The summed E-state index contributed by atoms with van der Waals surface area (Å²) in [5.41, 5.74) is 0.802. The third kappa shape index (κ3) is 2.71. The van der Waals surface area contributed by atoms with Gasteiger partial charge in [0.15, 0.2) is 11.6 Å². The molecule has 1 aliphatic heterocycles. The monoisotopic (exact) mass is 282 g/mol. The second-order valence-electron chi connectivity index (χ2n) is 5.55. The minimum Gasteiger partial charge on any atom is -0.374 e. The summed E-state index contributed by atoms with van der Waals surface area (Å²) in [7, 11) is 1.88. The number of benzene rings is 1. The largest absolute Gasteiger partial charge is 0.374 e. The molecular formula is C15H20F2N2O. The lowest BCUT2D eigenvalue weighted by Crippen LogP contribution is -2.49. The Morgan fingerprint density at radius 2 is 2.10 bits per heavy atom. The van der Waals surface area contributed by atoms with Crippen molar-refractivity contribution in [3.63, 3.8) is 0 Å². The topological polar surface area (TPSA) is 24.5 Å². The van der Waals surface area contributed by atoms with Crippen LogP contribution in [0.4, 0.5) is 8.78 Å². The highest BCUT2D eigenvalue weighted by Crippen LogP contribution is 2.38. The minimum atomic E-state index is -0.798. The molecule has 110 valence electrons. The summed E-state index contributed by atoms with van der Waals surface area (Å²) in [5.74, 6) is -1.58. The molecule has 0 radical (unpaired) electrons. The van der Waals surface area contributed by atoms with Gasteiger partial charge in [0.05, 0.1) is 18.8 Å². The lowest BCUT2D eigenvalue weighted by atomic mass is 9.97. The quantitative estimate of drug-likeness (QED) is 0.915. The maximum absolute atomic E-state index is 13.5. The molecule has 1 saturated heterocycles. The number of hydrogen-bond acceptors (Lipinski definition) is 3. The van der Waals surface area contributed by atoms with E-state index in [0.29, 0.717) is 19.2 Å². The van der Waals surface area contributed by atoms with Crippen LogP contribution in [0.15, 0.2) is 18.2 Å². The highest BCUT2D eigenvalue weighted by Gasteiger charge is 2.41. The van der Waals surface area contributed by atoms with Crippen molar-refractivity contribution in [3.05, 3.63) is 35.4 Å². The molecule has 3 nitrogen and oxygen atoms in total. The summed E-state index contributed by atoms with van der Waals surface area (Å²) in [6.07, 6.45) is 2.35. The predicted molar refractivity (Wildman–Crippen MR) is 72.5 cm³/mol. The molecule has 0 aromatic heterocycles. The van der Waals surface area contributed by atoms with Crippen LogP contribution in [0.25, 0.3) is 0 Å². The van der Waals surface area contributed by atoms with Crippen molar-refractivity contribution >= 4 is 0 Å². The Labute approximate surface area is 117 Å². The molecule has 2 atom stereocenters. The molecule has 1 N–H and O–H groups in total. The third-order valence-corrected chi connectivity index (χ3v) is 4.10. The molecule has 20 heavy (non-hydrogen) atoms. The van der Waals surface area contributed by atoms with Crippen LogP contribution in [-0.2, 0) is 4.74 Å². The third-order valence-electron chi connectivity index (χ3n) is 4.10. The molecule has 1 aromatic rings. The zero-order valence-electron chi connectivity index (χ0n) is 11.6. The van der Waals surface area contributed by atoms with Gasteiger partial charge in [-0.1, -0.05) is 6.07 Å². The van der Waals surface area contributed by atoms with Crippen LogP contribution in [0.5, 0.6) is 0 Å². The predicted octanol–water partition coefficient (Wildman–Crippen LogP) is 2.09. The second-order valence-corrected chi connectivity index (χ2v) is 5.55. The lowest BCUT2D eigenvalue weighted by molar-refractivity contribution is -0.0740. The van der Waals surface area contributed by atoms with E-state index < -0.39 is 11.6 Å². The SMILES string of the molecule is CNCC1OCCN(C2CC2)C1c1ccc(F)c(F)c1. The fourth-order valence-corrected chi connectivity index (χ4v) is 3.04. The zero-order chi connectivity index (χ0) is 14.1. The van der Waals surface area contributed by atoms with Gasteiger partial charge in [0, 0.05) is 19.1 Å². The van der Waals surface area contributed by atoms with Gasteiger partial charge in [0.1, 0.15) is 0 Å². The molecule has 1 aliphatic carbocycles. The minimum absolute atomic E-state index is 0.00111. The first-order valence-corrected chi connectivity index (χ1v) is 7.17. The summed E-state index contributed by atoms with van der Waals surface area (Å²) < 4.78 is 32.5. The summed E-state index contributed by atoms with van der Waals surface area (Å²) in [6, 6.07) is 4.76. The van der Waals surface area contributed by atoms with Crippen molar-refractivity contribution < 1.29 is 13.5 Å². The standard InChI is InChI=1S/C15H20F2N2O/c1-18-9-14-15(10-2-5-12(16)13(17)8-10)19(6-7-20-14)11-3-4-11/h2,5,8,11,14-15,18H,3-4,6-7,9H2,1H3. The average molecular weight is 282 g/mol. The molecule has 1 heterocycles. The number of rotatable bonds is 4. The van der Waals surface area contributed by atoms with Crippen LogP contribution in [0.3, 0.4) is 0 Å². The van der Waals surface area contributed by atoms with Gasteiger partial charge in [-0.15, -0.1) is 0 Å². The van der Waals surface area contributed by atoms with E-state index in [1.807, 2.05) is 7.05 Å². The molecule has 0 amide bonds. The van der Waals surface area contributed by atoms with E-state index in [9.17, 15) is 8.78 Å². The zero-order valence-corrected chi connectivity index (χ0v) is 11.6. The molecule has 3 rings (SSSR count). The first-order chi connectivity index (χ1) is 9.70. The van der Waals surface area contributed by atoms with Crippen LogP contribution in [0, 0.1) is 11.6 Å². The van der Waals surface area contributed by atoms with E-state index >= 15 is 0 Å². The fraction of sp³-hybridized carbons (Fsp3) is 0.600. The Hall–Kier alpha value is -1.04. The van der Waals surface area contributed by atoms with E-state index in [4.69, 9.17) is 4.74 Å². The molecule has 0 bridgehead atoms. The molecule has 5 heteroatoms. The maximum atomic E-state index is 13.5. The molecule has 2 fully saturated rings. The second kappa shape index (κ2) is 5.76. The maximum Gasteiger partial charge on any atom is 0.159 e. The molecule has 0 spiro atoms. The van der Waals surface area contributed by atoms with Gasteiger partial charge in [-0.05, 0) is 37.6 Å². The number of hydrogen-bond donors (Lipinski definition) is 1. The Kier molecular flexibility index (Phi) is 4.01. The van der Waals surface area contributed by atoms with Gasteiger partial charge in [-0.25, -0.2) is 8.78 Å². The number of likely N-dealkylation sites (N-methyl/N-ethyl adjacent to an activating group) is 1. The molecule has 1 saturated carbocycles. The van der Waals surface area contributed by atoms with Crippen molar-refractivity contribution in [2.24, 2.45) is 0 Å². The number of nitrogens with one attached hydrogen (secondary N) is 1. The van der Waals surface area contributed by atoms with Gasteiger partial charge in [-0.2, -0.15) is 0 Å². The first-order valence-electron chi connectivity index (χ1n) is 7.17.